The fourth-order valence-electron chi connectivity index (χ4n) is 4.18. The molecule has 1 aromatic carbocycles. The van der Waals surface area contributed by atoms with Gasteiger partial charge < -0.3 is 25.3 Å². The summed E-state index contributed by atoms with van der Waals surface area (Å²) in [6.07, 6.45) is 0.580. The first-order chi connectivity index (χ1) is 14.9. The third-order valence-corrected chi connectivity index (χ3v) is 5.99. The maximum atomic E-state index is 12.6. The number of amides is 1. The predicted molar refractivity (Wildman–Crippen MR) is 107 cm³/mol. The van der Waals surface area contributed by atoms with Gasteiger partial charge in [0.25, 0.3) is 18.4 Å². The van der Waals surface area contributed by atoms with E-state index < -0.39 is 24.5 Å². The lowest BCUT2D eigenvalue weighted by Gasteiger charge is -2.39. The van der Waals surface area contributed by atoms with Crippen LogP contribution >= 0.6 is 0 Å². The molecule has 0 radical (unpaired) electrons. The lowest BCUT2D eigenvalue weighted by molar-refractivity contribution is 0.0816. The molecule has 3 N–H and O–H groups in total. The van der Waals surface area contributed by atoms with Crippen LogP contribution in [0.2, 0.25) is 0 Å². The molecule has 1 aromatic heterocycles. The minimum atomic E-state index is -2.58. The molecule has 1 aliphatic carbocycles. The molecule has 0 bridgehead atoms. The molecular formula is C21H20F2N4O4. The number of aliphatic imine (C=N–C) groups is 1. The number of rotatable bonds is 5. The first kappa shape index (κ1) is 19.5. The van der Waals surface area contributed by atoms with Gasteiger partial charge in [-0.1, -0.05) is 0 Å². The van der Waals surface area contributed by atoms with Gasteiger partial charge in [-0.05, 0) is 43.2 Å². The van der Waals surface area contributed by atoms with Crippen LogP contribution < -0.4 is 20.5 Å². The van der Waals surface area contributed by atoms with Crippen LogP contribution in [0, 0.1) is 5.41 Å². The van der Waals surface area contributed by atoms with E-state index in [4.69, 9.17) is 19.9 Å². The first-order valence-corrected chi connectivity index (χ1v) is 9.85. The highest BCUT2D eigenvalue weighted by Gasteiger charge is 2.66. The van der Waals surface area contributed by atoms with Crippen molar-refractivity contribution in [2.45, 2.75) is 24.8 Å². The Morgan fingerprint density at radius 1 is 1.23 bits per heavy atom. The van der Waals surface area contributed by atoms with Crippen LogP contribution in [-0.2, 0) is 10.3 Å². The normalized spacial score (nSPS) is 22.5. The van der Waals surface area contributed by atoms with E-state index in [9.17, 15) is 13.6 Å². The zero-order chi connectivity index (χ0) is 21.6. The maximum Gasteiger partial charge on any atom is 0.283 e. The van der Waals surface area contributed by atoms with Gasteiger partial charge in [0.2, 0.25) is 0 Å². The SMILES string of the molecule is NC1=NC2(CO1)c1cc(NC(=O)c3ccc(OCC(F)F)cn3)ccc1OCC21CC1. The highest BCUT2D eigenvalue weighted by molar-refractivity contribution is 6.03. The van der Waals surface area contributed by atoms with E-state index in [0.717, 1.165) is 18.4 Å². The molecule has 1 atom stereocenters. The van der Waals surface area contributed by atoms with Gasteiger partial charge in [0.1, 0.15) is 35.9 Å². The number of anilines is 1. The fourth-order valence-corrected chi connectivity index (χ4v) is 4.18. The van der Waals surface area contributed by atoms with Crippen LogP contribution in [0.5, 0.6) is 11.5 Å². The molecule has 2 aliphatic heterocycles. The number of nitrogens with one attached hydrogen (secondary N) is 1. The predicted octanol–water partition coefficient (Wildman–Crippen LogP) is 2.69. The summed E-state index contributed by atoms with van der Waals surface area (Å²) in [5.41, 5.74) is 6.59. The summed E-state index contributed by atoms with van der Waals surface area (Å²) in [5, 5.41) is 2.81. The molecule has 8 nitrogen and oxygen atoms in total. The molecule has 162 valence electrons. The summed E-state index contributed by atoms with van der Waals surface area (Å²) in [5.74, 6) is 0.408. The number of halogens is 2. The quantitative estimate of drug-likeness (QED) is 0.755. The zero-order valence-electron chi connectivity index (χ0n) is 16.4. The van der Waals surface area contributed by atoms with Crippen molar-refractivity contribution in [2.75, 3.05) is 25.1 Å². The molecule has 10 heteroatoms. The Kier molecular flexibility index (Phi) is 4.45. The molecule has 0 saturated heterocycles. The Bertz CT molecular complexity index is 1060. The van der Waals surface area contributed by atoms with Crippen molar-refractivity contribution in [1.82, 2.24) is 4.98 Å². The van der Waals surface area contributed by atoms with Gasteiger partial charge in [0.15, 0.2) is 0 Å². The minimum Gasteiger partial charge on any atom is -0.493 e. The van der Waals surface area contributed by atoms with Crippen LogP contribution in [0.1, 0.15) is 28.9 Å². The molecule has 5 rings (SSSR count). The Labute approximate surface area is 176 Å². The van der Waals surface area contributed by atoms with Gasteiger partial charge >= 0.3 is 0 Å². The van der Waals surface area contributed by atoms with Crippen molar-refractivity contribution in [1.29, 1.82) is 0 Å². The second-order valence-corrected chi connectivity index (χ2v) is 7.91. The number of pyridine rings is 1. The van der Waals surface area contributed by atoms with Crippen LogP contribution in [-0.4, -0.2) is 43.2 Å². The molecule has 1 unspecified atom stereocenters. The van der Waals surface area contributed by atoms with Crippen molar-refractivity contribution in [2.24, 2.45) is 16.1 Å². The molecule has 3 heterocycles. The lowest BCUT2D eigenvalue weighted by atomic mass is 9.74. The minimum absolute atomic E-state index is 0.123. The summed E-state index contributed by atoms with van der Waals surface area (Å²) in [6, 6.07) is 8.35. The Hall–Kier alpha value is -3.43. The van der Waals surface area contributed by atoms with E-state index in [1.807, 2.05) is 6.07 Å². The number of benzene rings is 1. The van der Waals surface area contributed by atoms with Gasteiger partial charge in [-0.3, -0.25) is 4.79 Å². The van der Waals surface area contributed by atoms with Gasteiger partial charge in [-0.25, -0.2) is 18.8 Å². The first-order valence-electron chi connectivity index (χ1n) is 9.85. The van der Waals surface area contributed by atoms with Crippen molar-refractivity contribution in [3.63, 3.8) is 0 Å². The molecule has 31 heavy (non-hydrogen) atoms. The zero-order valence-corrected chi connectivity index (χ0v) is 16.4. The van der Waals surface area contributed by atoms with Crippen LogP contribution in [0.4, 0.5) is 14.5 Å². The summed E-state index contributed by atoms with van der Waals surface area (Å²) in [6.45, 7) is 0.161. The average Bonchev–Trinajstić information content (AvgIpc) is 3.45. The van der Waals surface area contributed by atoms with Crippen LogP contribution in [0.3, 0.4) is 0 Å². The lowest BCUT2D eigenvalue weighted by Crippen LogP contribution is -2.44. The largest absolute Gasteiger partial charge is 0.493 e. The average molecular weight is 430 g/mol. The molecule has 3 aliphatic rings. The summed E-state index contributed by atoms with van der Waals surface area (Å²) < 4.78 is 40.8. The highest BCUT2D eigenvalue weighted by Crippen LogP contribution is 2.65. The van der Waals surface area contributed by atoms with E-state index in [1.165, 1.54) is 18.3 Å². The van der Waals surface area contributed by atoms with Crippen LogP contribution in [0.15, 0.2) is 41.5 Å². The number of nitrogens with zero attached hydrogens (tertiary/aromatic N) is 2. The van der Waals surface area contributed by atoms with E-state index >= 15 is 0 Å². The monoisotopic (exact) mass is 430 g/mol. The van der Waals surface area contributed by atoms with Gasteiger partial charge in [0.05, 0.1) is 12.8 Å². The number of hydrogen-bond acceptors (Lipinski definition) is 7. The number of amidine groups is 1. The topological polar surface area (TPSA) is 108 Å². The summed E-state index contributed by atoms with van der Waals surface area (Å²) in [4.78, 5) is 21.3. The van der Waals surface area contributed by atoms with Crippen molar-refractivity contribution < 1.29 is 27.8 Å². The van der Waals surface area contributed by atoms with Crippen molar-refractivity contribution >= 4 is 17.6 Å². The van der Waals surface area contributed by atoms with E-state index in [2.05, 4.69) is 15.3 Å². The molecule has 2 aromatic rings. The number of fused-ring (bicyclic) bond motifs is 3. The highest BCUT2D eigenvalue weighted by atomic mass is 19.3. The summed E-state index contributed by atoms with van der Waals surface area (Å²) >= 11 is 0. The second kappa shape index (κ2) is 7.07. The van der Waals surface area contributed by atoms with Gasteiger partial charge in [-0.15, -0.1) is 0 Å². The number of hydrogen-bond donors (Lipinski definition) is 2. The van der Waals surface area contributed by atoms with E-state index in [1.54, 1.807) is 12.1 Å². The number of alkyl halides is 2. The number of carbonyl (C=O) groups is 1. The van der Waals surface area contributed by atoms with Gasteiger partial charge in [0, 0.05) is 16.7 Å². The number of ether oxygens (including phenoxy) is 3. The number of nitrogens with two attached hydrogens (primary N) is 1. The number of aromatic nitrogens is 1. The molecule has 1 fully saturated rings. The van der Waals surface area contributed by atoms with E-state index in [-0.39, 0.29) is 22.9 Å². The molecule has 1 saturated carbocycles. The Balaban J connectivity index is 1.37. The molecule has 2 spiro atoms. The smallest absolute Gasteiger partial charge is 0.283 e. The summed E-state index contributed by atoms with van der Waals surface area (Å²) in [7, 11) is 0. The third kappa shape index (κ3) is 3.31. The number of carbonyl (C=O) groups excluding carboxylic acids is 1. The fraction of sp³-hybridized carbons (Fsp3) is 0.381. The second-order valence-electron chi connectivity index (χ2n) is 7.91. The third-order valence-electron chi connectivity index (χ3n) is 5.99. The van der Waals surface area contributed by atoms with Gasteiger partial charge in [-0.2, -0.15) is 0 Å². The standard InChI is InChI=1S/C21H20F2N4O4/c22-17(23)9-29-13-2-3-15(25-8-13)18(28)26-12-1-4-16-14(7-12)21(11-31-19(24)27-21)20(5-6-20)10-30-16/h1-4,7-8,17H,5-6,9-11H2,(H2,24,27)(H,26,28). The Morgan fingerprint density at radius 3 is 2.71 bits per heavy atom. The van der Waals surface area contributed by atoms with E-state index in [0.29, 0.717) is 24.7 Å². The maximum absolute atomic E-state index is 12.6. The molecule has 1 amide bonds. The van der Waals surface area contributed by atoms with Crippen molar-refractivity contribution in [3.8, 4) is 11.5 Å². The molecular weight excluding hydrogens is 410 g/mol. The van der Waals surface area contributed by atoms with Crippen molar-refractivity contribution in [3.05, 3.63) is 47.8 Å². The Morgan fingerprint density at radius 2 is 2.06 bits per heavy atom. The van der Waals surface area contributed by atoms with Crippen LogP contribution in [0.25, 0.3) is 0 Å².